The minimum Gasteiger partial charge on any atom is -0.308 e. The van der Waals surface area contributed by atoms with Crippen molar-refractivity contribution in [3.8, 4) is 0 Å². The van der Waals surface area contributed by atoms with E-state index in [1.165, 1.54) is 77.4 Å². The van der Waals surface area contributed by atoms with E-state index >= 15 is 0 Å². The van der Waals surface area contributed by atoms with Crippen molar-refractivity contribution in [3.05, 3.63) is 22.4 Å². The van der Waals surface area contributed by atoms with Crippen LogP contribution in [0.1, 0.15) is 62.7 Å². The van der Waals surface area contributed by atoms with Crippen molar-refractivity contribution in [2.75, 3.05) is 13.1 Å². The summed E-state index contributed by atoms with van der Waals surface area (Å²) >= 11 is 1.93. The first-order chi connectivity index (χ1) is 10.3. The van der Waals surface area contributed by atoms with E-state index in [9.17, 15) is 0 Å². The Morgan fingerprint density at radius 1 is 1.05 bits per heavy atom. The first kappa shape index (κ1) is 14.2. The van der Waals surface area contributed by atoms with E-state index in [4.69, 9.17) is 0 Å². The Morgan fingerprint density at radius 3 is 2.52 bits per heavy atom. The van der Waals surface area contributed by atoms with Crippen molar-refractivity contribution in [2.24, 2.45) is 0 Å². The standard InChI is InChI=1S/C18H28N2S/c1-2-8-17(9-3-1)15-20(13-16-7-6-12-21-16)18(14-19-17)10-4-5-11-18/h6-7,12,19H,1-5,8-11,13-15H2. The second-order valence-electron chi connectivity index (χ2n) is 7.56. The van der Waals surface area contributed by atoms with Crippen LogP contribution in [0.2, 0.25) is 0 Å². The molecule has 3 aliphatic rings. The second-order valence-corrected chi connectivity index (χ2v) is 8.59. The molecule has 2 heterocycles. The van der Waals surface area contributed by atoms with Gasteiger partial charge in [-0.1, -0.05) is 38.2 Å². The Hall–Kier alpha value is -0.380. The van der Waals surface area contributed by atoms with Gasteiger partial charge in [-0.2, -0.15) is 0 Å². The molecule has 0 radical (unpaired) electrons. The molecule has 3 fully saturated rings. The molecule has 2 aliphatic carbocycles. The number of hydrogen-bond acceptors (Lipinski definition) is 3. The maximum Gasteiger partial charge on any atom is 0.0338 e. The van der Waals surface area contributed by atoms with Crippen LogP contribution in [0, 0.1) is 0 Å². The van der Waals surface area contributed by atoms with Crippen LogP contribution in [0.15, 0.2) is 17.5 Å². The number of hydrogen-bond donors (Lipinski definition) is 1. The molecule has 0 aromatic carbocycles. The van der Waals surface area contributed by atoms with Gasteiger partial charge >= 0.3 is 0 Å². The fourth-order valence-corrected chi connectivity index (χ4v) is 5.68. The van der Waals surface area contributed by atoms with Crippen molar-refractivity contribution in [2.45, 2.75) is 75.4 Å². The first-order valence-corrected chi connectivity index (χ1v) is 9.71. The average Bonchev–Trinajstić information content (AvgIpc) is 3.17. The molecule has 2 nitrogen and oxygen atoms in total. The molecule has 3 heteroatoms. The van der Waals surface area contributed by atoms with Crippen LogP contribution >= 0.6 is 11.3 Å². The summed E-state index contributed by atoms with van der Waals surface area (Å²) in [6.45, 7) is 3.70. The van der Waals surface area contributed by atoms with Crippen LogP contribution in [0.25, 0.3) is 0 Å². The molecule has 1 aromatic rings. The van der Waals surface area contributed by atoms with E-state index in [1.807, 2.05) is 11.3 Å². The molecule has 0 bridgehead atoms. The largest absolute Gasteiger partial charge is 0.308 e. The Labute approximate surface area is 132 Å². The summed E-state index contributed by atoms with van der Waals surface area (Å²) in [4.78, 5) is 4.43. The van der Waals surface area contributed by atoms with Gasteiger partial charge in [0.15, 0.2) is 0 Å². The average molecular weight is 305 g/mol. The summed E-state index contributed by atoms with van der Waals surface area (Å²) in [6.07, 6.45) is 12.7. The van der Waals surface area contributed by atoms with Crippen LogP contribution in [0.4, 0.5) is 0 Å². The molecule has 1 aromatic heterocycles. The van der Waals surface area contributed by atoms with Crippen LogP contribution in [-0.4, -0.2) is 29.1 Å². The van der Waals surface area contributed by atoms with Crippen molar-refractivity contribution >= 4 is 11.3 Å². The topological polar surface area (TPSA) is 15.3 Å². The van der Waals surface area contributed by atoms with Gasteiger partial charge in [0.1, 0.15) is 0 Å². The predicted molar refractivity (Wildman–Crippen MR) is 89.7 cm³/mol. The summed E-state index contributed by atoms with van der Waals surface area (Å²) in [6, 6.07) is 4.53. The van der Waals surface area contributed by atoms with Gasteiger partial charge in [0, 0.05) is 35.6 Å². The molecule has 21 heavy (non-hydrogen) atoms. The molecular formula is C18H28N2S. The van der Waals surface area contributed by atoms with Gasteiger partial charge in [0.2, 0.25) is 0 Å². The van der Waals surface area contributed by atoms with Gasteiger partial charge in [-0.05, 0) is 37.1 Å². The van der Waals surface area contributed by atoms with Crippen molar-refractivity contribution < 1.29 is 0 Å². The maximum absolute atomic E-state index is 4.04. The molecule has 2 saturated carbocycles. The van der Waals surface area contributed by atoms with E-state index < -0.39 is 0 Å². The van der Waals surface area contributed by atoms with E-state index in [1.54, 1.807) is 4.88 Å². The molecule has 4 rings (SSSR count). The molecule has 1 aliphatic heterocycles. The van der Waals surface area contributed by atoms with E-state index in [0.717, 1.165) is 0 Å². The second kappa shape index (κ2) is 5.68. The van der Waals surface area contributed by atoms with Gasteiger partial charge in [-0.3, -0.25) is 4.90 Å². The third kappa shape index (κ3) is 2.69. The normalized spacial score (nSPS) is 28.4. The number of nitrogens with zero attached hydrogens (tertiary/aromatic N) is 1. The van der Waals surface area contributed by atoms with Gasteiger partial charge in [-0.15, -0.1) is 11.3 Å². The lowest BCUT2D eigenvalue weighted by molar-refractivity contribution is -0.0112. The third-order valence-corrected chi connectivity index (χ3v) is 7.09. The summed E-state index contributed by atoms with van der Waals surface area (Å²) < 4.78 is 0. The summed E-state index contributed by atoms with van der Waals surface area (Å²) in [5.74, 6) is 0. The number of rotatable bonds is 2. The number of thiophene rings is 1. The lowest BCUT2D eigenvalue weighted by Crippen LogP contribution is -2.69. The highest BCUT2D eigenvalue weighted by Crippen LogP contribution is 2.42. The molecule has 116 valence electrons. The fraction of sp³-hybridized carbons (Fsp3) is 0.778. The van der Waals surface area contributed by atoms with Gasteiger partial charge in [-0.25, -0.2) is 0 Å². The Balaban J connectivity index is 1.56. The Bertz CT molecular complexity index is 456. The molecule has 0 amide bonds. The van der Waals surface area contributed by atoms with E-state index in [-0.39, 0.29) is 0 Å². The molecule has 0 atom stereocenters. The highest BCUT2D eigenvalue weighted by atomic mass is 32.1. The number of piperazine rings is 1. The summed E-state index contributed by atoms with van der Waals surface area (Å²) in [5, 5.41) is 6.27. The van der Waals surface area contributed by atoms with Gasteiger partial charge in [0.25, 0.3) is 0 Å². The third-order valence-electron chi connectivity index (χ3n) is 6.23. The van der Waals surface area contributed by atoms with Crippen molar-refractivity contribution in [1.82, 2.24) is 10.2 Å². The highest BCUT2D eigenvalue weighted by Gasteiger charge is 2.48. The van der Waals surface area contributed by atoms with Crippen LogP contribution in [0.5, 0.6) is 0 Å². The summed E-state index contributed by atoms with van der Waals surface area (Å²) in [5.41, 5.74) is 0.899. The molecule has 0 unspecified atom stereocenters. The SMILES string of the molecule is c1csc(CN2CC3(CCCCC3)NCC23CCCC3)c1. The molecule has 1 saturated heterocycles. The Kier molecular flexibility index (Phi) is 3.85. The zero-order valence-corrected chi connectivity index (χ0v) is 13.9. The van der Waals surface area contributed by atoms with Gasteiger partial charge in [0.05, 0.1) is 0 Å². The zero-order chi connectivity index (χ0) is 14.2. The van der Waals surface area contributed by atoms with Crippen LogP contribution < -0.4 is 5.32 Å². The highest BCUT2D eigenvalue weighted by molar-refractivity contribution is 7.09. The quantitative estimate of drug-likeness (QED) is 0.882. The van der Waals surface area contributed by atoms with Crippen molar-refractivity contribution in [3.63, 3.8) is 0 Å². The Morgan fingerprint density at radius 2 is 1.81 bits per heavy atom. The molecule has 1 N–H and O–H groups in total. The zero-order valence-electron chi connectivity index (χ0n) is 13.1. The first-order valence-electron chi connectivity index (χ1n) is 8.83. The van der Waals surface area contributed by atoms with E-state index in [2.05, 4.69) is 27.7 Å². The monoisotopic (exact) mass is 304 g/mol. The molecular weight excluding hydrogens is 276 g/mol. The predicted octanol–water partition coefficient (Wildman–Crippen LogP) is 4.17. The smallest absolute Gasteiger partial charge is 0.0338 e. The molecule has 2 spiro atoms. The minimum absolute atomic E-state index is 0.434. The minimum atomic E-state index is 0.434. The fourth-order valence-electron chi connectivity index (χ4n) is 4.96. The van der Waals surface area contributed by atoms with Crippen LogP contribution in [0.3, 0.4) is 0 Å². The maximum atomic E-state index is 4.04. The van der Waals surface area contributed by atoms with Crippen LogP contribution in [-0.2, 0) is 6.54 Å². The van der Waals surface area contributed by atoms with Gasteiger partial charge < -0.3 is 5.32 Å². The number of nitrogens with one attached hydrogen (secondary N) is 1. The lowest BCUT2D eigenvalue weighted by atomic mass is 9.76. The van der Waals surface area contributed by atoms with E-state index in [0.29, 0.717) is 11.1 Å². The summed E-state index contributed by atoms with van der Waals surface area (Å²) in [7, 11) is 0. The van der Waals surface area contributed by atoms with Crippen molar-refractivity contribution in [1.29, 1.82) is 0 Å². The lowest BCUT2D eigenvalue weighted by Gasteiger charge is -2.55.